The van der Waals surface area contributed by atoms with Crippen molar-refractivity contribution in [2.45, 2.75) is 56.6 Å². The minimum atomic E-state index is -0.313. The molecule has 0 aliphatic heterocycles. The number of aromatic nitrogens is 4. The van der Waals surface area contributed by atoms with Gasteiger partial charge in [0, 0.05) is 23.2 Å². The number of ether oxygens (including phenoxy) is 1. The number of H-pyrrole nitrogens is 1. The molecule has 0 aromatic carbocycles. The van der Waals surface area contributed by atoms with Crippen LogP contribution in [0.25, 0.3) is 0 Å². The maximum atomic E-state index is 12.0. The molecule has 4 rings (SSSR count). The van der Waals surface area contributed by atoms with Gasteiger partial charge in [-0.3, -0.25) is 5.10 Å². The van der Waals surface area contributed by atoms with Crippen LogP contribution in [-0.4, -0.2) is 37.9 Å². The Morgan fingerprint density at radius 1 is 1.33 bits per heavy atom. The van der Waals surface area contributed by atoms with Crippen molar-refractivity contribution in [3.05, 3.63) is 29.8 Å². The number of rotatable bonds is 5. The number of carbonyl (C=O) groups excluding carboxylic acids is 1. The van der Waals surface area contributed by atoms with Crippen molar-refractivity contribution in [1.29, 1.82) is 5.26 Å². The van der Waals surface area contributed by atoms with Crippen molar-refractivity contribution in [1.82, 2.24) is 25.5 Å². The van der Waals surface area contributed by atoms with Crippen LogP contribution >= 0.6 is 0 Å². The van der Waals surface area contributed by atoms with Crippen LogP contribution in [0.2, 0.25) is 0 Å². The minimum Gasteiger partial charge on any atom is -0.446 e. The first kappa shape index (κ1) is 17.3. The summed E-state index contributed by atoms with van der Waals surface area (Å²) in [7, 11) is 0. The summed E-state index contributed by atoms with van der Waals surface area (Å²) < 4.78 is 5.56. The van der Waals surface area contributed by atoms with Gasteiger partial charge in [-0.05, 0) is 39.0 Å². The molecule has 27 heavy (non-hydrogen) atoms. The third-order valence-corrected chi connectivity index (χ3v) is 5.12. The Bertz CT molecular complexity index is 867. The molecular weight excluding hydrogens is 346 g/mol. The molecule has 2 aliphatic rings. The predicted molar refractivity (Wildman–Crippen MR) is 96.3 cm³/mol. The number of amides is 1. The maximum Gasteiger partial charge on any atom is 0.407 e. The van der Waals surface area contributed by atoms with Crippen molar-refractivity contribution >= 4 is 17.7 Å². The van der Waals surface area contributed by atoms with Gasteiger partial charge in [0.25, 0.3) is 0 Å². The second kappa shape index (κ2) is 6.87. The van der Waals surface area contributed by atoms with Gasteiger partial charge in [-0.1, -0.05) is 0 Å². The second-order valence-electron chi connectivity index (χ2n) is 7.46. The standard InChI is InChI=1S/C18H21N7O2/c1-18(4-5-18)23-17(26)27-13-3-2-11(6-13)14-7-15(25-24-14)22-16-10-20-12(8-19)9-21-16/h7,9-11,13H,2-6H2,1H3,(H,23,26)(H2,21,22,24,25)/t11-,13+/m0/s1. The highest BCUT2D eigenvalue weighted by atomic mass is 16.6. The summed E-state index contributed by atoms with van der Waals surface area (Å²) >= 11 is 0. The number of hydrogen-bond donors (Lipinski definition) is 3. The number of nitrogens with zero attached hydrogens (tertiary/aromatic N) is 4. The largest absolute Gasteiger partial charge is 0.446 e. The van der Waals surface area contributed by atoms with E-state index in [1.807, 2.05) is 19.1 Å². The number of carbonyl (C=O) groups is 1. The topological polar surface area (TPSA) is 129 Å². The van der Waals surface area contributed by atoms with Crippen LogP contribution in [0.3, 0.4) is 0 Å². The zero-order valence-electron chi connectivity index (χ0n) is 15.0. The molecule has 140 valence electrons. The summed E-state index contributed by atoms with van der Waals surface area (Å²) in [6, 6.07) is 3.86. The van der Waals surface area contributed by atoms with E-state index in [0.29, 0.717) is 11.6 Å². The smallest absolute Gasteiger partial charge is 0.407 e. The Hall–Kier alpha value is -3.15. The zero-order valence-corrected chi connectivity index (χ0v) is 15.0. The van der Waals surface area contributed by atoms with Gasteiger partial charge in [0.15, 0.2) is 11.5 Å². The highest BCUT2D eigenvalue weighted by molar-refractivity contribution is 5.69. The van der Waals surface area contributed by atoms with E-state index in [-0.39, 0.29) is 29.3 Å². The fourth-order valence-corrected chi connectivity index (χ4v) is 3.26. The third-order valence-electron chi connectivity index (χ3n) is 5.12. The Morgan fingerprint density at radius 2 is 2.19 bits per heavy atom. The zero-order chi connectivity index (χ0) is 18.9. The van der Waals surface area contributed by atoms with Gasteiger partial charge in [0.05, 0.1) is 12.4 Å². The van der Waals surface area contributed by atoms with Crippen molar-refractivity contribution < 1.29 is 9.53 Å². The van der Waals surface area contributed by atoms with Crippen molar-refractivity contribution in [3.63, 3.8) is 0 Å². The normalized spacial score (nSPS) is 22.7. The summed E-state index contributed by atoms with van der Waals surface area (Å²) in [5, 5.41) is 22.0. The molecule has 2 atom stereocenters. The van der Waals surface area contributed by atoms with Gasteiger partial charge < -0.3 is 15.4 Å². The minimum absolute atomic E-state index is 0.0621. The monoisotopic (exact) mass is 367 g/mol. The summed E-state index contributed by atoms with van der Waals surface area (Å²) in [6.07, 6.45) is 7.11. The lowest BCUT2D eigenvalue weighted by Crippen LogP contribution is -2.36. The fourth-order valence-electron chi connectivity index (χ4n) is 3.26. The predicted octanol–water partition coefficient (Wildman–Crippen LogP) is 2.73. The average Bonchev–Trinajstić information content (AvgIpc) is 3.03. The molecule has 2 saturated carbocycles. The Labute approximate surface area is 156 Å². The lowest BCUT2D eigenvalue weighted by molar-refractivity contribution is 0.0967. The Morgan fingerprint density at radius 3 is 2.89 bits per heavy atom. The van der Waals surface area contributed by atoms with E-state index < -0.39 is 0 Å². The SMILES string of the molecule is CC1(NC(=O)O[C@@H]2CC[C@H](c3cc(Nc4cnc(C#N)cn4)n[nH]3)C2)CC1. The number of nitrogens with one attached hydrogen (secondary N) is 3. The summed E-state index contributed by atoms with van der Waals surface area (Å²) in [5.41, 5.74) is 1.20. The van der Waals surface area contributed by atoms with Gasteiger partial charge in [-0.2, -0.15) is 10.4 Å². The number of aromatic amines is 1. The number of hydrogen-bond acceptors (Lipinski definition) is 7. The molecule has 1 amide bonds. The van der Waals surface area contributed by atoms with Crippen molar-refractivity contribution in [2.24, 2.45) is 0 Å². The summed E-state index contributed by atoms with van der Waals surface area (Å²) in [5.74, 6) is 1.42. The molecule has 2 aromatic rings. The van der Waals surface area contributed by atoms with Gasteiger partial charge >= 0.3 is 6.09 Å². The molecule has 0 saturated heterocycles. The molecule has 0 radical (unpaired) electrons. The molecule has 2 fully saturated rings. The Kier molecular flexibility index (Phi) is 4.39. The van der Waals surface area contributed by atoms with Gasteiger partial charge in [-0.15, -0.1) is 0 Å². The molecule has 3 N–H and O–H groups in total. The molecule has 2 aliphatic carbocycles. The number of anilines is 2. The molecule has 2 heterocycles. The molecule has 0 bridgehead atoms. The van der Waals surface area contributed by atoms with Crippen LogP contribution in [0, 0.1) is 11.3 Å². The average molecular weight is 367 g/mol. The lowest BCUT2D eigenvalue weighted by atomic mass is 10.0. The first-order chi connectivity index (χ1) is 13.0. The van der Waals surface area contributed by atoms with E-state index in [2.05, 4.69) is 30.8 Å². The van der Waals surface area contributed by atoms with Gasteiger partial charge in [-0.25, -0.2) is 14.8 Å². The van der Waals surface area contributed by atoms with Crippen molar-refractivity contribution in [2.75, 3.05) is 5.32 Å². The summed E-state index contributed by atoms with van der Waals surface area (Å²) in [6.45, 7) is 2.03. The fraction of sp³-hybridized carbons (Fsp3) is 0.500. The van der Waals surface area contributed by atoms with Crippen LogP contribution in [-0.2, 0) is 4.74 Å². The molecule has 9 heteroatoms. The molecule has 9 nitrogen and oxygen atoms in total. The Balaban J connectivity index is 1.30. The van der Waals surface area contributed by atoms with E-state index >= 15 is 0 Å². The number of nitriles is 1. The molecule has 0 unspecified atom stereocenters. The van der Waals surface area contributed by atoms with Crippen molar-refractivity contribution in [3.8, 4) is 6.07 Å². The van der Waals surface area contributed by atoms with Crippen LogP contribution in [0.4, 0.5) is 16.4 Å². The van der Waals surface area contributed by atoms with Gasteiger partial charge in [0.1, 0.15) is 18.0 Å². The third kappa shape index (κ3) is 4.16. The van der Waals surface area contributed by atoms with E-state index in [9.17, 15) is 4.79 Å². The lowest BCUT2D eigenvalue weighted by Gasteiger charge is -2.16. The molecule has 2 aromatic heterocycles. The van der Waals surface area contributed by atoms with E-state index in [1.54, 1.807) is 0 Å². The highest BCUT2D eigenvalue weighted by Crippen LogP contribution is 2.37. The molecule has 0 spiro atoms. The number of alkyl carbamates (subject to hydrolysis) is 1. The quantitative estimate of drug-likeness (QED) is 0.741. The summed E-state index contributed by atoms with van der Waals surface area (Å²) in [4.78, 5) is 20.0. The maximum absolute atomic E-state index is 12.0. The molecular formula is C18H21N7O2. The van der Waals surface area contributed by atoms with E-state index in [4.69, 9.17) is 10.00 Å². The van der Waals surface area contributed by atoms with Crippen LogP contribution in [0.5, 0.6) is 0 Å². The van der Waals surface area contributed by atoms with Gasteiger partial charge in [0.2, 0.25) is 0 Å². The highest BCUT2D eigenvalue weighted by Gasteiger charge is 2.40. The van der Waals surface area contributed by atoms with Crippen LogP contribution in [0.15, 0.2) is 18.5 Å². The van der Waals surface area contributed by atoms with E-state index in [1.165, 1.54) is 12.4 Å². The first-order valence-electron chi connectivity index (χ1n) is 9.06. The van der Waals surface area contributed by atoms with E-state index in [0.717, 1.165) is 37.8 Å². The van der Waals surface area contributed by atoms with Crippen LogP contribution in [0.1, 0.15) is 56.3 Å². The van der Waals surface area contributed by atoms with Crippen LogP contribution < -0.4 is 10.6 Å². The first-order valence-corrected chi connectivity index (χ1v) is 9.06. The second-order valence-corrected chi connectivity index (χ2v) is 7.46.